The molecule has 1 aliphatic rings. The van der Waals surface area contributed by atoms with E-state index in [9.17, 15) is 4.79 Å². The summed E-state index contributed by atoms with van der Waals surface area (Å²) in [6.07, 6.45) is 8.52. The van der Waals surface area contributed by atoms with Crippen LogP contribution in [0.15, 0.2) is 41.6 Å². The molecule has 0 spiro atoms. The van der Waals surface area contributed by atoms with Gasteiger partial charge in [-0.3, -0.25) is 4.79 Å². The van der Waals surface area contributed by atoms with Crippen LogP contribution in [-0.2, 0) is 18.3 Å². The molecule has 0 bridgehead atoms. The van der Waals surface area contributed by atoms with Crippen molar-refractivity contribution < 1.29 is 4.79 Å². The summed E-state index contributed by atoms with van der Waals surface area (Å²) in [7, 11) is 2.02. The van der Waals surface area contributed by atoms with Crippen molar-refractivity contribution >= 4 is 17.7 Å². The largest absolute Gasteiger partial charge is 0.342 e. The first-order valence-corrected chi connectivity index (χ1v) is 9.28. The minimum absolute atomic E-state index is 0.224. The third kappa shape index (κ3) is 3.78. The number of thioether (sulfide) groups is 1. The van der Waals surface area contributed by atoms with Gasteiger partial charge in [-0.05, 0) is 36.8 Å². The Morgan fingerprint density at radius 2 is 2.30 bits per heavy atom. The summed E-state index contributed by atoms with van der Waals surface area (Å²) in [4.78, 5) is 20.3. The first-order chi connectivity index (χ1) is 11.2. The molecule has 2 heterocycles. The van der Waals surface area contributed by atoms with Crippen LogP contribution in [0.3, 0.4) is 0 Å². The number of carbonyl (C=O) groups is 1. The van der Waals surface area contributed by atoms with Crippen molar-refractivity contribution in [2.24, 2.45) is 7.05 Å². The molecule has 23 heavy (non-hydrogen) atoms. The van der Waals surface area contributed by atoms with E-state index in [1.807, 2.05) is 36.5 Å². The first-order valence-electron chi connectivity index (χ1n) is 8.05. The monoisotopic (exact) mass is 329 g/mol. The van der Waals surface area contributed by atoms with Crippen LogP contribution in [0.4, 0.5) is 0 Å². The highest BCUT2D eigenvalue weighted by atomic mass is 32.2. The number of hydrogen-bond acceptors (Lipinski definition) is 3. The van der Waals surface area contributed by atoms with Crippen molar-refractivity contribution in [2.75, 3.05) is 19.3 Å². The van der Waals surface area contributed by atoms with Gasteiger partial charge in [0.2, 0.25) is 5.91 Å². The average molecular weight is 329 g/mol. The van der Waals surface area contributed by atoms with E-state index in [1.54, 1.807) is 11.8 Å². The fourth-order valence-corrected chi connectivity index (χ4v) is 3.74. The number of carbonyl (C=O) groups excluding carboxylic acids is 1. The van der Waals surface area contributed by atoms with Crippen molar-refractivity contribution in [1.82, 2.24) is 14.5 Å². The molecule has 1 amide bonds. The molecule has 1 aromatic carbocycles. The summed E-state index contributed by atoms with van der Waals surface area (Å²) in [5, 5.41) is 0. The molecule has 3 rings (SSSR count). The molecule has 1 saturated heterocycles. The molecule has 0 aliphatic carbocycles. The van der Waals surface area contributed by atoms with Crippen molar-refractivity contribution in [2.45, 2.75) is 30.1 Å². The van der Waals surface area contributed by atoms with Crippen molar-refractivity contribution in [3.8, 4) is 0 Å². The molecule has 1 fully saturated rings. The maximum atomic E-state index is 12.7. The third-order valence-corrected chi connectivity index (χ3v) is 5.21. The number of benzene rings is 1. The fourth-order valence-electron chi connectivity index (χ4n) is 3.25. The van der Waals surface area contributed by atoms with Gasteiger partial charge in [-0.2, -0.15) is 0 Å². The smallest absolute Gasteiger partial charge is 0.227 e. The van der Waals surface area contributed by atoms with Gasteiger partial charge >= 0.3 is 0 Å². The number of hydrogen-bond donors (Lipinski definition) is 0. The molecule has 5 heteroatoms. The average Bonchev–Trinajstić information content (AvgIpc) is 3.01. The molecule has 0 saturated carbocycles. The zero-order chi connectivity index (χ0) is 16.2. The molecular formula is C18H23N3OS. The Labute approximate surface area is 141 Å². The number of nitrogens with zero attached hydrogens (tertiary/aromatic N) is 3. The van der Waals surface area contributed by atoms with Crippen LogP contribution in [0, 0.1) is 0 Å². The molecule has 0 N–H and O–H groups in total. The normalized spacial score (nSPS) is 18.2. The van der Waals surface area contributed by atoms with Crippen LogP contribution >= 0.6 is 11.8 Å². The second-order valence-electron chi connectivity index (χ2n) is 6.10. The Hall–Kier alpha value is -1.75. The lowest BCUT2D eigenvalue weighted by Gasteiger charge is -2.32. The highest BCUT2D eigenvalue weighted by Crippen LogP contribution is 2.26. The standard InChI is InChI=1S/C18H23N3OS/c1-20-10-8-19-18(20)15-6-4-9-21(13-15)17(22)12-14-5-3-7-16(11-14)23-2/h3,5,7-8,10-11,15H,4,6,9,12-13H2,1-2H3. The Bertz CT molecular complexity index is 682. The molecule has 1 aromatic heterocycles. The van der Waals surface area contributed by atoms with Crippen LogP contribution < -0.4 is 0 Å². The summed E-state index contributed by atoms with van der Waals surface area (Å²) < 4.78 is 2.07. The topological polar surface area (TPSA) is 38.1 Å². The second kappa shape index (κ2) is 7.21. The quantitative estimate of drug-likeness (QED) is 0.809. The van der Waals surface area contributed by atoms with E-state index >= 15 is 0 Å². The molecule has 1 aliphatic heterocycles. The number of likely N-dealkylation sites (tertiary alicyclic amines) is 1. The summed E-state index contributed by atoms with van der Waals surface area (Å²) >= 11 is 1.71. The predicted octanol–water partition coefficient (Wildman–Crippen LogP) is 3.09. The number of imidazole rings is 1. The van der Waals surface area contributed by atoms with Crippen LogP contribution in [0.25, 0.3) is 0 Å². The van der Waals surface area contributed by atoms with Gasteiger partial charge in [0.15, 0.2) is 0 Å². The van der Waals surface area contributed by atoms with Gasteiger partial charge in [-0.15, -0.1) is 11.8 Å². The number of aryl methyl sites for hydroxylation is 1. The summed E-state index contributed by atoms with van der Waals surface area (Å²) in [5.41, 5.74) is 1.10. The highest BCUT2D eigenvalue weighted by molar-refractivity contribution is 7.98. The van der Waals surface area contributed by atoms with E-state index in [1.165, 1.54) is 4.90 Å². The van der Waals surface area contributed by atoms with E-state index in [0.29, 0.717) is 12.3 Å². The van der Waals surface area contributed by atoms with E-state index < -0.39 is 0 Å². The fraction of sp³-hybridized carbons (Fsp3) is 0.444. The highest BCUT2D eigenvalue weighted by Gasteiger charge is 2.26. The van der Waals surface area contributed by atoms with Gasteiger partial charge in [0.05, 0.1) is 6.42 Å². The van der Waals surface area contributed by atoms with Gasteiger partial charge < -0.3 is 9.47 Å². The Morgan fingerprint density at radius 3 is 3.04 bits per heavy atom. The molecular weight excluding hydrogens is 306 g/mol. The lowest BCUT2D eigenvalue weighted by atomic mass is 9.96. The van der Waals surface area contributed by atoms with Gasteiger partial charge in [-0.25, -0.2) is 4.98 Å². The number of amides is 1. The lowest BCUT2D eigenvalue weighted by Crippen LogP contribution is -2.40. The van der Waals surface area contributed by atoms with Gasteiger partial charge in [0.25, 0.3) is 0 Å². The predicted molar refractivity (Wildman–Crippen MR) is 93.7 cm³/mol. The number of aromatic nitrogens is 2. The molecule has 4 nitrogen and oxygen atoms in total. The summed E-state index contributed by atoms with van der Waals surface area (Å²) in [6.45, 7) is 1.65. The number of rotatable bonds is 4. The molecule has 0 radical (unpaired) electrons. The first kappa shape index (κ1) is 16.1. The van der Waals surface area contributed by atoms with Crippen molar-refractivity contribution in [1.29, 1.82) is 0 Å². The maximum Gasteiger partial charge on any atom is 0.227 e. The Morgan fingerprint density at radius 1 is 1.43 bits per heavy atom. The van der Waals surface area contributed by atoms with Crippen LogP contribution in [0.1, 0.15) is 30.1 Å². The minimum atomic E-state index is 0.224. The Balaban J connectivity index is 1.66. The van der Waals surface area contributed by atoms with Crippen LogP contribution in [0.5, 0.6) is 0 Å². The van der Waals surface area contributed by atoms with E-state index in [2.05, 4.69) is 27.9 Å². The van der Waals surface area contributed by atoms with Gasteiger partial charge in [0.1, 0.15) is 5.82 Å². The zero-order valence-corrected chi connectivity index (χ0v) is 14.6. The number of piperidine rings is 1. The Kier molecular flexibility index (Phi) is 5.06. The van der Waals surface area contributed by atoms with Crippen LogP contribution in [-0.4, -0.2) is 39.7 Å². The van der Waals surface area contributed by atoms with Gasteiger partial charge in [-0.1, -0.05) is 12.1 Å². The zero-order valence-electron chi connectivity index (χ0n) is 13.7. The molecule has 122 valence electrons. The van der Waals surface area contributed by atoms with E-state index in [0.717, 1.165) is 37.3 Å². The summed E-state index contributed by atoms with van der Waals surface area (Å²) in [6, 6.07) is 8.26. The van der Waals surface area contributed by atoms with Crippen molar-refractivity contribution in [3.05, 3.63) is 48.0 Å². The maximum absolute atomic E-state index is 12.7. The molecule has 2 aromatic rings. The van der Waals surface area contributed by atoms with Crippen molar-refractivity contribution in [3.63, 3.8) is 0 Å². The van der Waals surface area contributed by atoms with E-state index in [-0.39, 0.29) is 5.91 Å². The summed E-state index contributed by atoms with van der Waals surface area (Å²) in [5.74, 6) is 1.67. The molecule has 1 atom stereocenters. The van der Waals surface area contributed by atoms with E-state index in [4.69, 9.17) is 0 Å². The second-order valence-corrected chi connectivity index (χ2v) is 6.98. The molecule has 1 unspecified atom stereocenters. The van der Waals surface area contributed by atoms with Gasteiger partial charge in [0, 0.05) is 43.3 Å². The minimum Gasteiger partial charge on any atom is -0.342 e. The third-order valence-electron chi connectivity index (χ3n) is 4.49. The van der Waals surface area contributed by atoms with Crippen LogP contribution in [0.2, 0.25) is 0 Å². The lowest BCUT2D eigenvalue weighted by molar-refractivity contribution is -0.131. The SMILES string of the molecule is CSc1cccc(CC(=O)N2CCCC(c3nccn3C)C2)c1.